The van der Waals surface area contributed by atoms with Crippen LogP contribution in [0.3, 0.4) is 0 Å². The number of hydrogen-bond donors (Lipinski definition) is 2. The second kappa shape index (κ2) is 7.42. The van der Waals surface area contributed by atoms with Crippen LogP contribution >= 0.6 is 0 Å². The first-order chi connectivity index (χ1) is 9.77. The highest BCUT2D eigenvalue weighted by atomic mass is 32.2. The lowest BCUT2D eigenvalue weighted by atomic mass is 10.1. The molecule has 0 bridgehead atoms. The minimum Gasteiger partial charge on any atom is -0.483 e. The second-order valence-electron chi connectivity index (χ2n) is 4.85. The topological polar surface area (TPSA) is 98.5 Å². The maximum absolute atomic E-state index is 11.6. The monoisotopic (exact) mass is 314 g/mol. The third-order valence-corrected chi connectivity index (χ3v) is 4.26. The number of hydrogen-bond acceptors (Lipinski definition) is 4. The van der Waals surface area contributed by atoms with Gasteiger partial charge in [-0.15, -0.1) is 0 Å². The molecule has 0 unspecified atom stereocenters. The number of sulfonamides is 1. The number of ether oxygens (including phenoxy) is 1. The van der Waals surface area contributed by atoms with Gasteiger partial charge >= 0.3 is 0 Å². The Hall–Kier alpha value is -1.60. The molecule has 0 heterocycles. The van der Waals surface area contributed by atoms with Gasteiger partial charge in [-0.1, -0.05) is 13.3 Å². The van der Waals surface area contributed by atoms with Gasteiger partial charge in [0.2, 0.25) is 10.0 Å². The molecule has 0 radical (unpaired) electrons. The Morgan fingerprint density at radius 1 is 1.29 bits per heavy atom. The van der Waals surface area contributed by atoms with Crippen LogP contribution in [0.4, 0.5) is 0 Å². The van der Waals surface area contributed by atoms with E-state index in [1.165, 1.54) is 12.1 Å². The van der Waals surface area contributed by atoms with Crippen molar-refractivity contribution in [2.75, 3.05) is 13.2 Å². The summed E-state index contributed by atoms with van der Waals surface area (Å²) in [4.78, 5) is 11.6. The molecule has 0 aromatic heterocycles. The molecule has 21 heavy (non-hydrogen) atoms. The van der Waals surface area contributed by atoms with Crippen molar-refractivity contribution in [2.24, 2.45) is 5.14 Å². The lowest BCUT2D eigenvalue weighted by Crippen LogP contribution is -2.29. The van der Waals surface area contributed by atoms with Crippen molar-refractivity contribution in [1.82, 2.24) is 5.32 Å². The second-order valence-corrected chi connectivity index (χ2v) is 6.38. The van der Waals surface area contributed by atoms with Gasteiger partial charge in [-0.3, -0.25) is 4.79 Å². The van der Waals surface area contributed by atoms with Gasteiger partial charge in [-0.2, -0.15) is 0 Å². The van der Waals surface area contributed by atoms with Crippen LogP contribution in [-0.4, -0.2) is 27.5 Å². The Morgan fingerprint density at radius 2 is 1.95 bits per heavy atom. The van der Waals surface area contributed by atoms with E-state index in [0.717, 1.165) is 12.8 Å². The number of carbonyl (C=O) groups excluding carboxylic acids is 1. The Balaban J connectivity index is 2.74. The normalized spacial score (nSPS) is 11.2. The molecular weight excluding hydrogens is 292 g/mol. The molecule has 0 fully saturated rings. The number of rotatable bonds is 7. The number of benzene rings is 1. The SMILES string of the molecule is CCCCNC(=O)COc1ccc(S(N)(=O)=O)c(C)c1C. The summed E-state index contributed by atoms with van der Waals surface area (Å²) in [5.74, 6) is 0.279. The molecule has 0 aliphatic rings. The smallest absolute Gasteiger partial charge is 0.257 e. The van der Waals surface area contributed by atoms with Gasteiger partial charge in [0, 0.05) is 6.54 Å². The molecule has 3 N–H and O–H groups in total. The molecule has 0 saturated carbocycles. The third kappa shape index (κ3) is 5.02. The van der Waals surface area contributed by atoms with Crippen LogP contribution in [0.1, 0.15) is 30.9 Å². The maximum Gasteiger partial charge on any atom is 0.257 e. The summed E-state index contributed by atoms with van der Waals surface area (Å²) in [5, 5.41) is 7.88. The average Bonchev–Trinajstić information content (AvgIpc) is 2.39. The van der Waals surface area contributed by atoms with Gasteiger partial charge in [0.05, 0.1) is 4.90 Å². The molecule has 118 valence electrons. The first-order valence-corrected chi connectivity index (χ1v) is 8.34. The van der Waals surface area contributed by atoms with Gasteiger partial charge in [0.15, 0.2) is 6.61 Å². The molecule has 0 atom stereocenters. The first-order valence-electron chi connectivity index (χ1n) is 6.79. The lowest BCUT2D eigenvalue weighted by Gasteiger charge is -2.13. The summed E-state index contributed by atoms with van der Waals surface area (Å²) < 4.78 is 28.2. The highest BCUT2D eigenvalue weighted by Gasteiger charge is 2.16. The van der Waals surface area contributed by atoms with Crippen LogP contribution < -0.4 is 15.2 Å². The maximum atomic E-state index is 11.6. The molecule has 0 spiro atoms. The molecule has 1 aromatic rings. The molecular formula is C14H22N2O4S. The van der Waals surface area contributed by atoms with E-state index in [4.69, 9.17) is 9.88 Å². The van der Waals surface area contributed by atoms with Gasteiger partial charge in [-0.25, -0.2) is 13.6 Å². The largest absolute Gasteiger partial charge is 0.483 e. The molecule has 1 aromatic carbocycles. The van der Waals surface area contributed by atoms with E-state index in [1.807, 2.05) is 6.92 Å². The summed E-state index contributed by atoms with van der Waals surface area (Å²) in [5.41, 5.74) is 1.18. The zero-order valence-electron chi connectivity index (χ0n) is 12.6. The minimum atomic E-state index is -3.75. The van der Waals surface area contributed by atoms with E-state index in [1.54, 1.807) is 13.8 Å². The number of unbranched alkanes of at least 4 members (excludes halogenated alkanes) is 1. The average molecular weight is 314 g/mol. The Kier molecular flexibility index (Phi) is 6.17. The van der Waals surface area contributed by atoms with Crippen molar-refractivity contribution >= 4 is 15.9 Å². The fourth-order valence-electron chi connectivity index (χ4n) is 1.83. The molecule has 1 rings (SSSR count). The standard InChI is InChI=1S/C14H22N2O4S/c1-4-5-8-16-14(17)9-20-12-6-7-13(21(15,18)19)11(3)10(12)2/h6-7H,4-5,8-9H2,1-3H3,(H,16,17)(H2,15,18,19). The Labute approximate surface area is 125 Å². The van der Waals surface area contributed by atoms with Crippen molar-refractivity contribution in [1.29, 1.82) is 0 Å². The van der Waals surface area contributed by atoms with Crippen LogP contribution in [0.5, 0.6) is 5.75 Å². The van der Waals surface area contributed by atoms with Crippen LogP contribution in [0.2, 0.25) is 0 Å². The molecule has 0 aliphatic carbocycles. The molecule has 0 aliphatic heterocycles. The van der Waals surface area contributed by atoms with Crippen molar-refractivity contribution in [2.45, 2.75) is 38.5 Å². The number of nitrogens with two attached hydrogens (primary N) is 1. The van der Waals surface area contributed by atoms with Crippen molar-refractivity contribution in [3.05, 3.63) is 23.3 Å². The van der Waals surface area contributed by atoms with Gasteiger partial charge < -0.3 is 10.1 Å². The van der Waals surface area contributed by atoms with Crippen LogP contribution in [-0.2, 0) is 14.8 Å². The fraction of sp³-hybridized carbons (Fsp3) is 0.500. The summed E-state index contributed by atoms with van der Waals surface area (Å²) in [7, 11) is -3.75. The van der Waals surface area contributed by atoms with E-state index in [9.17, 15) is 13.2 Å². The van der Waals surface area contributed by atoms with E-state index in [0.29, 0.717) is 23.4 Å². The number of carbonyl (C=O) groups is 1. The highest BCUT2D eigenvalue weighted by molar-refractivity contribution is 7.89. The van der Waals surface area contributed by atoms with Gasteiger partial charge in [-0.05, 0) is 43.5 Å². The van der Waals surface area contributed by atoms with Crippen molar-refractivity contribution in [3.8, 4) is 5.75 Å². The number of nitrogens with one attached hydrogen (secondary N) is 1. The summed E-state index contributed by atoms with van der Waals surface area (Å²) in [6.07, 6.45) is 1.93. The van der Waals surface area contributed by atoms with E-state index < -0.39 is 10.0 Å². The zero-order chi connectivity index (χ0) is 16.0. The fourth-order valence-corrected chi connectivity index (χ4v) is 2.67. The van der Waals surface area contributed by atoms with E-state index in [2.05, 4.69) is 5.32 Å². The zero-order valence-corrected chi connectivity index (χ0v) is 13.4. The molecule has 0 saturated heterocycles. The minimum absolute atomic E-state index is 0.0692. The third-order valence-electron chi connectivity index (χ3n) is 3.21. The summed E-state index contributed by atoms with van der Waals surface area (Å²) in [6.45, 7) is 5.96. The molecule has 7 heteroatoms. The predicted molar refractivity (Wildman–Crippen MR) is 80.7 cm³/mol. The predicted octanol–water partition coefficient (Wildman–Crippen LogP) is 1.25. The highest BCUT2D eigenvalue weighted by Crippen LogP contribution is 2.26. The van der Waals surface area contributed by atoms with E-state index >= 15 is 0 Å². The number of primary sulfonamides is 1. The summed E-state index contributed by atoms with van der Waals surface area (Å²) >= 11 is 0. The van der Waals surface area contributed by atoms with Crippen molar-refractivity contribution in [3.63, 3.8) is 0 Å². The first kappa shape index (κ1) is 17.5. The summed E-state index contributed by atoms with van der Waals surface area (Å²) in [6, 6.07) is 2.91. The molecule has 1 amide bonds. The Bertz CT molecular complexity index is 612. The molecule has 6 nitrogen and oxygen atoms in total. The van der Waals surface area contributed by atoms with Gasteiger partial charge in [0.1, 0.15) is 5.75 Å². The van der Waals surface area contributed by atoms with Crippen LogP contribution in [0.25, 0.3) is 0 Å². The van der Waals surface area contributed by atoms with E-state index in [-0.39, 0.29) is 17.4 Å². The van der Waals surface area contributed by atoms with Gasteiger partial charge in [0.25, 0.3) is 5.91 Å². The van der Waals surface area contributed by atoms with Crippen molar-refractivity contribution < 1.29 is 17.9 Å². The Morgan fingerprint density at radius 3 is 2.52 bits per heavy atom. The van der Waals surface area contributed by atoms with Crippen LogP contribution in [0.15, 0.2) is 17.0 Å². The quantitative estimate of drug-likeness (QED) is 0.740. The lowest BCUT2D eigenvalue weighted by molar-refractivity contribution is -0.123. The van der Waals surface area contributed by atoms with Crippen LogP contribution in [0, 0.1) is 13.8 Å². The number of amides is 1.